The molecule has 1 aliphatic heterocycles. The summed E-state index contributed by atoms with van der Waals surface area (Å²) in [7, 11) is 0. The van der Waals surface area contributed by atoms with Crippen molar-refractivity contribution in [2.45, 2.75) is 52.2 Å². The topological polar surface area (TPSA) is 108 Å². The number of aromatic amines is 1. The van der Waals surface area contributed by atoms with Crippen molar-refractivity contribution in [2.24, 2.45) is 0 Å². The summed E-state index contributed by atoms with van der Waals surface area (Å²) in [5, 5.41) is 14.3. The van der Waals surface area contributed by atoms with Gasteiger partial charge in [-0.2, -0.15) is 13.9 Å². The van der Waals surface area contributed by atoms with E-state index in [1.165, 1.54) is 17.9 Å². The molecule has 3 aromatic rings. The Kier molecular flexibility index (Phi) is 6.78. The van der Waals surface area contributed by atoms with Gasteiger partial charge in [0.25, 0.3) is 5.91 Å². The number of aromatic nitrogens is 4. The van der Waals surface area contributed by atoms with Gasteiger partial charge in [0.15, 0.2) is 5.82 Å². The van der Waals surface area contributed by atoms with Gasteiger partial charge >= 0.3 is 6.55 Å². The quantitative estimate of drug-likeness (QED) is 0.406. The van der Waals surface area contributed by atoms with Crippen LogP contribution in [0.3, 0.4) is 0 Å². The van der Waals surface area contributed by atoms with Crippen LogP contribution < -0.4 is 10.6 Å². The summed E-state index contributed by atoms with van der Waals surface area (Å²) in [6, 6.07) is 3.38. The molecule has 0 spiro atoms. The second-order valence-electron chi connectivity index (χ2n) is 9.78. The van der Waals surface area contributed by atoms with Gasteiger partial charge < -0.3 is 15.5 Å². The monoisotopic (exact) mass is 519 g/mol. The van der Waals surface area contributed by atoms with E-state index in [9.17, 15) is 18.4 Å². The van der Waals surface area contributed by atoms with Crippen LogP contribution in [0.15, 0.2) is 24.8 Å². The van der Waals surface area contributed by atoms with Crippen molar-refractivity contribution in [2.75, 3.05) is 18.4 Å². The smallest absolute Gasteiger partial charge is 0.320 e. The molecule has 0 bridgehead atoms. The van der Waals surface area contributed by atoms with E-state index in [-0.39, 0.29) is 41.1 Å². The van der Waals surface area contributed by atoms with Crippen LogP contribution in [0.25, 0.3) is 10.9 Å². The highest BCUT2D eigenvalue weighted by atomic mass is 35.5. The molecule has 3 heterocycles. The average Bonchev–Trinajstić information content (AvgIpc) is 3.32. The number of imidazole rings is 1. The van der Waals surface area contributed by atoms with Crippen molar-refractivity contribution in [3.63, 3.8) is 0 Å². The van der Waals surface area contributed by atoms with Crippen molar-refractivity contribution >= 4 is 40.1 Å². The second kappa shape index (κ2) is 9.53. The van der Waals surface area contributed by atoms with E-state index in [1.807, 2.05) is 26.8 Å². The Morgan fingerprint density at radius 2 is 2.03 bits per heavy atom. The molecule has 2 aromatic heterocycles. The number of amides is 2. The fraction of sp³-hybridized carbons (Fsp3) is 0.417. The highest BCUT2D eigenvalue weighted by Gasteiger charge is 2.33. The number of carbonyl (C=O) groups is 2. The standard InChI is InChI=1S/C24H28ClF2N7O2/c1-6-19(35)33-10-13(11-33)30-22(36)20-12(2)29-18(34(20)23(26)27)9-28-21-14-7-15(24(3,4)5)16(25)8-17(14)31-32-21/h6-8,13,23H,1,9-11H2,2-5H3,(H,30,36)(H2,28,31,32). The predicted octanol–water partition coefficient (Wildman–Crippen LogP) is 4.15. The molecule has 1 fully saturated rings. The minimum Gasteiger partial charge on any atom is -0.361 e. The number of anilines is 1. The molecule has 36 heavy (non-hydrogen) atoms. The van der Waals surface area contributed by atoms with E-state index < -0.39 is 12.5 Å². The normalized spacial score (nSPS) is 14.3. The number of aryl methyl sites for hydroxylation is 1. The minimum absolute atomic E-state index is 0.00844. The number of halogens is 3. The van der Waals surface area contributed by atoms with Crippen molar-refractivity contribution in [1.29, 1.82) is 0 Å². The van der Waals surface area contributed by atoms with E-state index in [0.717, 1.165) is 10.9 Å². The van der Waals surface area contributed by atoms with Crippen LogP contribution in [0.4, 0.5) is 14.6 Å². The van der Waals surface area contributed by atoms with Crippen LogP contribution in [0.1, 0.15) is 54.9 Å². The molecule has 4 rings (SSSR count). The maximum Gasteiger partial charge on any atom is 0.320 e. The van der Waals surface area contributed by atoms with E-state index in [0.29, 0.717) is 34.0 Å². The number of nitrogens with zero attached hydrogens (tertiary/aromatic N) is 4. The molecule has 12 heteroatoms. The number of nitrogens with one attached hydrogen (secondary N) is 3. The first kappa shape index (κ1) is 25.6. The van der Waals surface area contributed by atoms with Gasteiger partial charge in [0, 0.05) is 23.5 Å². The van der Waals surface area contributed by atoms with E-state index in [4.69, 9.17) is 11.6 Å². The third-order valence-corrected chi connectivity index (χ3v) is 6.46. The molecule has 0 atom stereocenters. The molecule has 0 saturated carbocycles. The SMILES string of the molecule is C=CC(=O)N1CC(NC(=O)c2c(C)nc(CNc3n[nH]c4cc(Cl)c(C(C)(C)C)cc34)n2C(F)F)C1. The van der Waals surface area contributed by atoms with E-state index >= 15 is 0 Å². The Labute approximate surface area is 211 Å². The first-order valence-corrected chi connectivity index (χ1v) is 11.8. The molecular weight excluding hydrogens is 492 g/mol. The van der Waals surface area contributed by atoms with Gasteiger partial charge in [0.2, 0.25) is 5.91 Å². The number of alkyl halides is 2. The zero-order valence-corrected chi connectivity index (χ0v) is 21.2. The summed E-state index contributed by atoms with van der Waals surface area (Å²) in [6.07, 6.45) is 1.19. The molecule has 0 aliphatic carbocycles. The van der Waals surface area contributed by atoms with Crippen LogP contribution in [-0.2, 0) is 16.8 Å². The molecule has 0 unspecified atom stereocenters. The van der Waals surface area contributed by atoms with Gasteiger partial charge in [0.05, 0.1) is 23.8 Å². The first-order valence-electron chi connectivity index (χ1n) is 11.4. The molecule has 1 saturated heterocycles. The van der Waals surface area contributed by atoms with Gasteiger partial charge in [-0.25, -0.2) is 4.98 Å². The molecule has 192 valence electrons. The van der Waals surface area contributed by atoms with Crippen molar-refractivity contribution in [3.05, 3.63) is 52.6 Å². The summed E-state index contributed by atoms with van der Waals surface area (Å²) in [5.74, 6) is -0.464. The molecule has 1 aromatic carbocycles. The van der Waals surface area contributed by atoms with E-state index in [1.54, 1.807) is 6.07 Å². The van der Waals surface area contributed by atoms with Crippen LogP contribution in [0.5, 0.6) is 0 Å². The number of benzene rings is 1. The van der Waals surface area contributed by atoms with Crippen molar-refractivity contribution < 1.29 is 18.4 Å². The Morgan fingerprint density at radius 1 is 1.33 bits per heavy atom. The summed E-state index contributed by atoms with van der Waals surface area (Å²) in [5.41, 5.74) is 1.38. The summed E-state index contributed by atoms with van der Waals surface area (Å²) < 4.78 is 28.8. The van der Waals surface area contributed by atoms with Crippen LogP contribution >= 0.6 is 11.6 Å². The molecule has 9 nitrogen and oxygen atoms in total. The van der Waals surface area contributed by atoms with Crippen LogP contribution in [0, 0.1) is 6.92 Å². The maximum absolute atomic E-state index is 14.1. The lowest BCUT2D eigenvalue weighted by Crippen LogP contribution is -2.60. The van der Waals surface area contributed by atoms with Crippen molar-refractivity contribution in [1.82, 2.24) is 30.0 Å². The summed E-state index contributed by atoms with van der Waals surface area (Å²) in [4.78, 5) is 30.2. The fourth-order valence-corrected chi connectivity index (χ4v) is 4.70. The van der Waals surface area contributed by atoms with Crippen LogP contribution in [0.2, 0.25) is 5.02 Å². The lowest BCUT2D eigenvalue weighted by atomic mass is 9.86. The lowest BCUT2D eigenvalue weighted by Gasteiger charge is -2.38. The maximum atomic E-state index is 14.1. The number of carbonyl (C=O) groups excluding carboxylic acids is 2. The Bertz CT molecular complexity index is 1340. The summed E-state index contributed by atoms with van der Waals surface area (Å²) in [6.45, 7) is 8.57. The number of likely N-dealkylation sites (tertiary alicyclic amines) is 1. The zero-order valence-electron chi connectivity index (χ0n) is 20.5. The Balaban J connectivity index is 1.54. The Morgan fingerprint density at radius 3 is 2.64 bits per heavy atom. The molecule has 1 aliphatic rings. The zero-order chi connectivity index (χ0) is 26.4. The summed E-state index contributed by atoms with van der Waals surface area (Å²) >= 11 is 6.43. The predicted molar refractivity (Wildman–Crippen MR) is 133 cm³/mol. The van der Waals surface area contributed by atoms with Gasteiger partial charge in [-0.3, -0.25) is 19.3 Å². The third kappa shape index (κ3) is 4.79. The van der Waals surface area contributed by atoms with Gasteiger partial charge in [0.1, 0.15) is 11.5 Å². The minimum atomic E-state index is -2.98. The number of H-pyrrole nitrogens is 1. The largest absolute Gasteiger partial charge is 0.361 e. The van der Waals surface area contributed by atoms with Crippen molar-refractivity contribution in [3.8, 4) is 0 Å². The lowest BCUT2D eigenvalue weighted by molar-refractivity contribution is -0.130. The number of hydrogen-bond acceptors (Lipinski definition) is 5. The van der Waals surface area contributed by atoms with Gasteiger partial charge in [-0.05, 0) is 36.1 Å². The highest BCUT2D eigenvalue weighted by Crippen LogP contribution is 2.35. The van der Waals surface area contributed by atoms with Gasteiger partial charge in [-0.15, -0.1) is 0 Å². The molecule has 2 amide bonds. The highest BCUT2D eigenvalue weighted by molar-refractivity contribution is 6.32. The number of rotatable bonds is 7. The van der Waals surface area contributed by atoms with Crippen LogP contribution in [-0.4, -0.2) is 55.6 Å². The average molecular weight is 520 g/mol. The van der Waals surface area contributed by atoms with Gasteiger partial charge in [-0.1, -0.05) is 39.0 Å². The second-order valence-corrected chi connectivity index (χ2v) is 10.2. The molecular formula is C24H28ClF2N7O2. The fourth-order valence-electron chi connectivity index (χ4n) is 4.26. The first-order chi connectivity index (χ1) is 16.9. The Hall–Kier alpha value is -3.47. The number of fused-ring (bicyclic) bond motifs is 1. The molecule has 3 N–H and O–H groups in total. The number of hydrogen-bond donors (Lipinski definition) is 3. The third-order valence-electron chi connectivity index (χ3n) is 6.14. The molecule has 0 radical (unpaired) electrons. The van der Waals surface area contributed by atoms with E-state index in [2.05, 4.69) is 32.4 Å².